The number of benzene rings is 1. The Balaban J connectivity index is 2.03. The van der Waals surface area contributed by atoms with E-state index in [1.807, 2.05) is 60.4 Å². The molecule has 3 aromatic heterocycles. The number of nitrogens with two attached hydrogens (primary N) is 1. The Hall–Kier alpha value is -3.42. The van der Waals surface area contributed by atoms with E-state index >= 15 is 0 Å². The van der Waals surface area contributed by atoms with Gasteiger partial charge in [-0.3, -0.25) is 9.36 Å². The number of aromatic nitrogens is 5. The van der Waals surface area contributed by atoms with Crippen molar-refractivity contribution in [1.82, 2.24) is 29.6 Å². The predicted octanol–water partition coefficient (Wildman–Crippen LogP) is 3.49. The fourth-order valence-electron chi connectivity index (χ4n) is 3.52. The Morgan fingerprint density at radius 1 is 1.20 bits per heavy atom. The Morgan fingerprint density at radius 2 is 1.93 bits per heavy atom. The van der Waals surface area contributed by atoms with Crippen molar-refractivity contribution in [3.05, 3.63) is 42.4 Å². The van der Waals surface area contributed by atoms with Crippen LogP contribution in [0, 0.1) is 5.92 Å². The minimum absolute atomic E-state index is 0.159. The van der Waals surface area contributed by atoms with Crippen LogP contribution in [-0.2, 0) is 5.54 Å². The monoisotopic (exact) mass is 405 g/mol. The van der Waals surface area contributed by atoms with Gasteiger partial charge in [-0.15, -0.1) is 0 Å². The number of nitrogens with one attached hydrogen (secondary N) is 1. The molecular weight excluding hydrogens is 378 g/mol. The number of para-hydroxylation sites is 1. The minimum atomic E-state index is -0.333. The van der Waals surface area contributed by atoms with Crippen LogP contribution in [0.5, 0.6) is 0 Å². The van der Waals surface area contributed by atoms with Gasteiger partial charge in [0.1, 0.15) is 23.2 Å². The summed E-state index contributed by atoms with van der Waals surface area (Å²) in [4.78, 5) is 21.7. The number of nitrogens with zero attached hydrogens (tertiary/aromatic N) is 5. The van der Waals surface area contributed by atoms with Gasteiger partial charge in [-0.25, -0.2) is 14.6 Å². The number of amides is 1. The second-order valence-corrected chi connectivity index (χ2v) is 8.89. The molecule has 8 heteroatoms. The zero-order chi connectivity index (χ0) is 21.6. The summed E-state index contributed by atoms with van der Waals surface area (Å²) in [5.74, 6) is 1.07. The van der Waals surface area contributed by atoms with Crippen molar-refractivity contribution in [3.8, 4) is 5.82 Å². The summed E-state index contributed by atoms with van der Waals surface area (Å²) in [5.41, 5.74) is 7.94. The summed E-state index contributed by atoms with van der Waals surface area (Å²) in [5, 5.41) is 9.46. The number of carbonyl (C=O) groups is 1. The molecule has 1 aromatic carbocycles. The Kier molecular flexibility index (Phi) is 4.72. The summed E-state index contributed by atoms with van der Waals surface area (Å²) in [7, 11) is 0. The molecule has 8 nitrogen and oxygen atoms in total. The van der Waals surface area contributed by atoms with Gasteiger partial charge in [0.25, 0.3) is 5.91 Å². The first kappa shape index (κ1) is 19.9. The van der Waals surface area contributed by atoms with Gasteiger partial charge in [0, 0.05) is 11.9 Å². The molecule has 0 atom stereocenters. The average molecular weight is 406 g/mol. The van der Waals surface area contributed by atoms with Crippen molar-refractivity contribution >= 4 is 33.7 Å². The van der Waals surface area contributed by atoms with Crippen LogP contribution in [0.2, 0.25) is 0 Å². The number of rotatable bonds is 4. The molecule has 0 saturated carbocycles. The quantitative estimate of drug-likeness (QED) is 0.541. The molecule has 0 aliphatic heterocycles. The third kappa shape index (κ3) is 3.28. The third-order valence-corrected chi connectivity index (χ3v) is 4.94. The first-order valence-corrected chi connectivity index (χ1v) is 10.1. The van der Waals surface area contributed by atoms with Crippen LogP contribution in [0.25, 0.3) is 27.8 Å². The van der Waals surface area contributed by atoms with E-state index in [1.165, 1.54) is 6.33 Å². The lowest BCUT2D eigenvalue weighted by Crippen LogP contribution is -2.29. The van der Waals surface area contributed by atoms with Gasteiger partial charge in [0.15, 0.2) is 11.5 Å². The summed E-state index contributed by atoms with van der Waals surface area (Å²) in [6.45, 7) is 10.9. The van der Waals surface area contributed by atoms with Gasteiger partial charge in [0.05, 0.1) is 11.1 Å². The van der Waals surface area contributed by atoms with E-state index in [4.69, 9.17) is 10.8 Å². The highest BCUT2D eigenvalue weighted by Crippen LogP contribution is 2.32. The van der Waals surface area contributed by atoms with Gasteiger partial charge in [-0.1, -0.05) is 32.0 Å². The van der Waals surface area contributed by atoms with Gasteiger partial charge in [-0.2, -0.15) is 5.10 Å². The molecule has 0 fully saturated rings. The molecule has 3 heterocycles. The first-order valence-electron chi connectivity index (χ1n) is 10.1. The number of anilines is 1. The highest BCUT2D eigenvalue weighted by molar-refractivity contribution is 6.02. The van der Waals surface area contributed by atoms with E-state index in [0.29, 0.717) is 40.8 Å². The summed E-state index contributed by atoms with van der Waals surface area (Å²) < 4.78 is 3.69. The lowest BCUT2D eigenvalue weighted by molar-refractivity contribution is 0.0942. The molecule has 0 aliphatic carbocycles. The van der Waals surface area contributed by atoms with Gasteiger partial charge >= 0.3 is 0 Å². The molecule has 156 valence electrons. The molecule has 0 bridgehead atoms. The predicted molar refractivity (Wildman–Crippen MR) is 119 cm³/mol. The second kappa shape index (κ2) is 7.12. The molecule has 0 aliphatic rings. The van der Waals surface area contributed by atoms with E-state index in [0.717, 1.165) is 10.9 Å². The highest BCUT2D eigenvalue weighted by atomic mass is 16.1. The Bertz CT molecular complexity index is 1240. The van der Waals surface area contributed by atoms with Crippen LogP contribution in [0.4, 0.5) is 5.82 Å². The first-order chi connectivity index (χ1) is 14.2. The van der Waals surface area contributed by atoms with Crippen LogP contribution in [0.15, 0.2) is 36.7 Å². The molecule has 0 unspecified atom stereocenters. The van der Waals surface area contributed by atoms with E-state index in [1.54, 1.807) is 0 Å². The van der Waals surface area contributed by atoms with E-state index in [-0.39, 0.29) is 11.4 Å². The highest BCUT2D eigenvalue weighted by Gasteiger charge is 2.27. The zero-order valence-corrected chi connectivity index (χ0v) is 18.0. The molecule has 0 spiro atoms. The van der Waals surface area contributed by atoms with Gasteiger partial charge in [-0.05, 0) is 38.8 Å². The van der Waals surface area contributed by atoms with Crippen molar-refractivity contribution in [2.45, 2.75) is 40.2 Å². The normalized spacial score (nSPS) is 12.2. The average Bonchev–Trinajstić information content (AvgIpc) is 3.25. The molecule has 4 aromatic rings. The van der Waals surface area contributed by atoms with Crippen LogP contribution in [0.3, 0.4) is 0 Å². The van der Waals surface area contributed by atoms with Crippen molar-refractivity contribution in [1.29, 1.82) is 0 Å². The SMILES string of the molecule is CC(C)CNC(=O)c1cc2ccccc2n1-c1nn(C(C)(C)C)c2ncnc(N)c12. The lowest BCUT2D eigenvalue weighted by Gasteiger charge is -2.19. The molecule has 30 heavy (non-hydrogen) atoms. The largest absolute Gasteiger partial charge is 0.383 e. The lowest BCUT2D eigenvalue weighted by atomic mass is 10.1. The van der Waals surface area contributed by atoms with Crippen molar-refractivity contribution in [2.24, 2.45) is 5.92 Å². The van der Waals surface area contributed by atoms with Crippen LogP contribution < -0.4 is 11.1 Å². The molecule has 4 rings (SSSR count). The maximum atomic E-state index is 13.1. The maximum Gasteiger partial charge on any atom is 0.268 e. The number of hydrogen-bond donors (Lipinski definition) is 2. The van der Waals surface area contributed by atoms with Crippen molar-refractivity contribution in [3.63, 3.8) is 0 Å². The number of hydrogen-bond acceptors (Lipinski definition) is 5. The van der Waals surface area contributed by atoms with Gasteiger partial charge < -0.3 is 11.1 Å². The molecule has 0 radical (unpaired) electrons. The van der Waals surface area contributed by atoms with E-state index < -0.39 is 0 Å². The molecular formula is C22H27N7O. The van der Waals surface area contributed by atoms with Crippen molar-refractivity contribution < 1.29 is 4.79 Å². The van der Waals surface area contributed by atoms with E-state index in [9.17, 15) is 4.79 Å². The zero-order valence-electron chi connectivity index (χ0n) is 18.0. The van der Waals surface area contributed by atoms with Crippen LogP contribution in [-0.4, -0.2) is 36.8 Å². The number of fused-ring (bicyclic) bond motifs is 2. The molecule has 0 saturated heterocycles. The number of nitrogen functional groups attached to an aromatic ring is 1. The topological polar surface area (TPSA) is 104 Å². The standard InChI is InChI=1S/C22H27N7O/c1-13(2)11-24-21(30)16-10-14-8-6-7-9-15(14)28(16)20-17-18(23)25-12-26-19(17)29(27-20)22(3,4)5/h6-10,12-13H,11H2,1-5H3,(H,24,30)(H2,23,25,26). The third-order valence-electron chi connectivity index (χ3n) is 4.94. The smallest absolute Gasteiger partial charge is 0.268 e. The summed E-state index contributed by atoms with van der Waals surface area (Å²) >= 11 is 0. The van der Waals surface area contributed by atoms with Crippen molar-refractivity contribution in [2.75, 3.05) is 12.3 Å². The number of carbonyl (C=O) groups excluding carboxylic acids is 1. The second-order valence-electron chi connectivity index (χ2n) is 8.89. The minimum Gasteiger partial charge on any atom is -0.383 e. The molecule has 3 N–H and O–H groups in total. The van der Waals surface area contributed by atoms with E-state index in [2.05, 4.69) is 29.1 Å². The fraction of sp³-hybridized carbons (Fsp3) is 0.364. The summed E-state index contributed by atoms with van der Waals surface area (Å²) in [6, 6.07) is 9.72. The fourth-order valence-corrected chi connectivity index (χ4v) is 3.52. The molecule has 1 amide bonds. The van der Waals surface area contributed by atoms with Gasteiger partial charge in [0.2, 0.25) is 0 Å². The Morgan fingerprint density at radius 3 is 2.63 bits per heavy atom. The Labute approximate surface area is 175 Å². The van der Waals surface area contributed by atoms with Crippen LogP contribution >= 0.6 is 0 Å². The summed E-state index contributed by atoms with van der Waals surface area (Å²) in [6.07, 6.45) is 1.44. The maximum absolute atomic E-state index is 13.1. The van der Waals surface area contributed by atoms with Crippen LogP contribution in [0.1, 0.15) is 45.1 Å².